The molecule has 0 saturated heterocycles. The standard InChI is InChI=1S/C40H48ClN3O6/c1-24(22-48-32-11-16-42-31-10-5-7-25(2)36(31)32)17-27-18-26-19-33-34(50-35(23-49-33)37(45)44(3)4)21-30(26)39(27)12-14-40(15-13-39,38(46)47)43-29-9-6-8-28(41)20-29/h6,8-9,11,16,19-21,24-25,27,35,43H,5,7,10,12-15,17-18,22-23H2,1-4H3,(H,46,47)/t24-,25-,27?,35?,39?,40?/m1/s1. The number of aryl methyl sites for hydroxylation is 1. The number of ether oxygens (including phenoxy) is 3. The Kier molecular flexibility index (Phi) is 9.39. The lowest BCUT2D eigenvalue weighted by Gasteiger charge is -2.47. The van der Waals surface area contributed by atoms with Crippen molar-refractivity contribution in [1.29, 1.82) is 0 Å². The molecule has 0 radical (unpaired) electrons. The molecule has 10 heteroatoms. The van der Waals surface area contributed by atoms with Crippen LogP contribution >= 0.6 is 11.6 Å². The lowest BCUT2D eigenvalue weighted by molar-refractivity contribution is -0.144. The Morgan fingerprint density at radius 2 is 1.94 bits per heavy atom. The van der Waals surface area contributed by atoms with Crippen LogP contribution in [0.1, 0.15) is 87.1 Å². The number of carboxylic acid groups (broad SMARTS) is 1. The molecule has 0 bridgehead atoms. The van der Waals surface area contributed by atoms with Crippen molar-refractivity contribution in [1.82, 2.24) is 9.88 Å². The highest BCUT2D eigenvalue weighted by Crippen LogP contribution is 2.58. The fourth-order valence-electron chi connectivity index (χ4n) is 9.08. The first-order chi connectivity index (χ1) is 24.0. The number of hydrogen-bond donors (Lipinski definition) is 2. The van der Waals surface area contributed by atoms with Gasteiger partial charge < -0.3 is 29.5 Å². The zero-order valence-electron chi connectivity index (χ0n) is 29.5. The molecule has 1 amide bonds. The summed E-state index contributed by atoms with van der Waals surface area (Å²) < 4.78 is 19.0. The van der Waals surface area contributed by atoms with Crippen molar-refractivity contribution in [2.75, 3.05) is 32.6 Å². The van der Waals surface area contributed by atoms with E-state index in [2.05, 4.69) is 36.3 Å². The fraction of sp³-hybridized carbons (Fsp3) is 0.525. The molecule has 1 saturated carbocycles. The third-order valence-electron chi connectivity index (χ3n) is 11.7. The molecule has 2 aromatic carbocycles. The van der Waals surface area contributed by atoms with E-state index in [-0.39, 0.29) is 29.8 Å². The maximum atomic E-state index is 13.0. The molecule has 7 rings (SSSR count). The summed E-state index contributed by atoms with van der Waals surface area (Å²) in [5.74, 6) is 2.16. The van der Waals surface area contributed by atoms with Gasteiger partial charge in [0.25, 0.3) is 5.91 Å². The normalized spacial score (nSPS) is 27.2. The van der Waals surface area contributed by atoms with E-state index in [4.69, 9.17) is 25.8 Å². The Labute approximate surface area is 299 Å². The van der Waals surface area contributed by atoms with Crippen LogP contribution in [0.25, 0.3) is 0 Å². The number of carboxylic acids is 1. The van der Waals surface area contributed by atoms with E-state index in [1.165, 1.54) is 21.6 Å². The van der Waals surface area contributed by atoms with Crippen molar-refractivity contribution in [2.24, 2.45) is 11.8 Å². The molecular weight excluding hydrogens is 654 g/mol. The molecule has 2 heterocycles. The van der Waals surface area contributed by atoms with E-state index in [1.54, 1.807) is 26.2 Å². The molecule has 1 spiro atoms. The SMILES string of the molecule is C[C@@H](COc1ccnc2c1[C@H](C)CCC2)CC1Cc2cc3c(cc2C12CCC(Nc1cccc(Cl)c1)(C(=O)O)CC2)OC(C(=O)N(C)C)CO3. The van der Waals surface area contributed by atoms with Gasteiger partial charge in [0.05, 0.1) is 6.61 Å². The van der Waals surface area contributed by atoms with Crippen LogP contribution in [-0.2, 0) is 27.8 Å². The predicted molar refractivity (Wildman–Crippen MR) is 193 cm³/mol. The lowest BCUT2D eigenvalue weighted by Crippen LogP contribution is -2.53. The number of carbonyl (C=O) groups excluding carboxylic acids is 1. The minimum absolute atomic E-state index is 0.140. The number of hydrogen-bond acceptors (Lipinski definition) is 7. The number of aromatic nitrogens is 1. The minimum Gasteiger partial charge on any atom is -0.493 e. The molecule has 9 nitrogen and oxygen atoms in total. The highest BCUT2D eigenvalue weighted by Gasteiger charge is 2.54. The maximum Gasteiger partial charge on any atom is 0.329 e. The van der Waals surface area contributed by atoms with Gasteiger partial charge in [-0.15, -0.1) is 0 Å². The number of amides is 1. The second kappa shape index (κ2) is 13.6. The first-order valence-corrected chi connectivity index (χ1v) is 18.4. The lowest BCUT2D eigenvalue weighted by atomic mass is 9.59. The van der Waals surface area contributed by atoms with Gasteiger partial charge in [-0.2, -0.15) is 0 Å². The Morgan fingerprint density at radius 3 is 2.68 bits per heavy atom. The zero-order valence-corrected chi connectivity index (χ0v) is 30.2. The highest BCUT2D eigenvalue weighted by molar-refractivity contribution is 6.30. The zero-order chi connectivity index (χ0) is 35.2. The van der Waals surface area contributed by atoms with Crippen molar-refractivity contribution < 1.29 is 28.9 Å². The Bertz CT molecular complexity index is 1770. The first-order valence-electron chi connectivity index (χ1n) is 18.0. The Balaban J connectivity index is 1.16. The van der Waals surface area contributed by atoms with E-state index >= 15 is 0 Å². The maximum absolute atomic E-state index is 13.0. The fourth-order valence-corrected chi connectivity index (χ4v) is 9.27. The smallest absolute Gasteiger partial charge is 0.329 e. The average molecular weight is 702 g/mol. The molecule has 266 valence electrons. The minimum atomic E-state index is -1.12. The third-order valence-corrected chi connectivity index (χ3v) is 12.0. The van der Waals surface area contributed by atoms with E-state index in [0.717, 1.165) is 43.5 Å². The molecule has 3 aliphatic carbocycles. The molecule has 2 unspecified atom stereocenters. The van der Waals surface area contributed by atoms with Crippen LogP contribution in [0.4, 0.5) is 5.69 Å². The third kappa shape index (κ3) is 6.38. The van der Waals surface area contributed by atoms with Gasteiger partial charge in [0.15, 0.2) is 11.5 Å². The van der Waals surface area contributed by atoms with E-state index in [0.29, 0.717) is 60.4 Å². The van der Waals surface area contributed by atoms with E-state index in [9.17, 15) is 14.7 Å². The molecule has 4 atom stereocenters. The average Bonchev–Trinajstić information content (AvgIpc) is 3.37. The second-order valence-corrected chi connectivity index (χ2v) is 15.7. The van der Waals surface area contributed by atoms with Gasteiger partial charge in [-0.05, 0) is 128 Å². The van der Waals surface area contributed by atoms with E-state index in [1.807, 2.05) is 24.4 Å². The van der Waals surface area contributed by atoms with Crippen LogP contribution in [0.5, 0.6) is 17.2 Å². The van der Waals surface area contributed by atoms with Crippen molar-refractivity contribution in [3.05, 3.63) is 76.1 Å². The quantitative estimate of drug-likeness (QED) is 0.237. The summed E-state index contributed by atoms with van der Waals surface area (Å²) in [7, 11) is 3.43. The number of halogens is 1. The van der Waals surface area contributed by atoms with Gasteiger partial charge in [0.1, 0.15) is 17.9 Å². The number of pyridine rings is 1. The van der Waals surface area contributed by atoms with Crippen LogP contribution in [0, 0.1) is 11.8 Å². The van der Waals surface area contributed by atoms with Gasteiger partial charge in [-0.3, -0.25) is 9.78 Å². The summed E-state index contributed by atoms with van der Waals surface area (Å²) in [6.07, 6.45) is 8.54. The molecule has 50 heavy (non-hydrogen) atoms. The monoisotopic (exact) mass is 701 g/mol. The molecule has 1 aromatic heterocycles. The van der Waals surface area contributed by atoms with Gasteiger partial charge in [-0.25, -0.2) is 4.79 Å². The number of nitrogens with one attached hydrogen (secondary N) is 1. The molecule has 4 aliphatic rings. The van der Waals surface area contributed by atoms with Gasteiger partial charge in [0, 0.05) is 42.3 Å². The molecule has 3 aromatic rings. The summed E-state index contributed by atoms with van der Waals surface area (Å²) in [5.41, 5.74) is 4.15. The first kappa shape index (κ1) is 34.5. The van der Waals surface area contributed by atoms with Crippen LogP contribution in [0.2, 0.25) is 5.02 Å². The van der Waals surface area contributed by atoms with Gasteiger partial charge in [0.2, 0.25) is 6.10 Å². The Hall–Kier alpha value is -3.98. The van der Waals surface area contributed by atoms with Crippen LogP contribution < -0.4 is 19.5 Å². The van der Waals surface area contributed by atoms with Crippen molar-refractivity contribution >= 4 is 29.2 Å². The molecule has 1 fully saturated rings. The summed E-state index contributed by atoms with van der Waals surface area (Å²) in [6, 6.07) is 13.5. The number of nitrogens with zero attached hydrogens (tertiary/aromatic N) is 2. The van der Waals surface area contributed by atoms with Gasteiger partial charge in [-0.1, -0.05) is 31.5 Å². The molecule has 2 N–H and O–H groups in total. The van der Waals surface area contributed by atoms with Crippen LogP contribution in [0.3, 0.4) is 0 Å². The van der Waals surface area contributed by atoms with Crippen molar-refractivity contribution in [3.8, 4) is 17.2 Å². The van der Waals surface area contributed by atoms with E-state index < -0.39 is 17.6 Å². The number of benzene rings is 2. The van der Waals surface area contributed by atoms with Crippen LogP contribution in [0.15, 0.2) is 48.7 Å². The molecule has 1 aliphatic heterocycles. The number of carbonyl (C=O) groups is 2. The summed E-state index contributed by atoms with van der Waals surface area (Å²) in [4.78, 5) is 32.0. The number of likely N-dealkylation sites (N-methyl/N-ethyl adjacent to an activating group) is 1. The predicted octanol–water partition coefficient (Wildman–Crippen LogP) is 7.43. The summed E-state index contributed by atoms with van der Waals surface area (Å²) >= 11 is 6.27. The largest absolute Gasteiger partial charge is 0.493 e. The van der Waals surface area contributed by atoms with Gasteiger partial charge >= 0.3 is 5.97 Å². The topological polar surface area (TPSA) is 110 Å². The van der Waals surface area contributed by atoms with Crippen molar-refractivity contribution in [3.63, 3.8) is 0 Å². The highest BCUT2D eigenvalue weighted by atomic mass is 35.5. The summed E-state index contributed by atoms with van der Waals surface area (Å²) in [6.45, 7) is 5.29. The molecular formula is C40H48ClN3O6. The number of fused-ring (bicyclic) bond motifs is 4. The second-order valence-electron chi connectivity index (χ2n) is 15.3. The summed E-state index contributed by atoms with van der Waals surface area (Å²) in [5, 5.41) is 14.6. The van der Waals surface area contributed by atoms with Crippen molar-refractivity contribution in [2.45, 2.75) is 94.6 Å². The van der Waals surface area contributed by atoms with Crippen LogP contribution in [-0.4, -0.2) is 65.8 Å². The Morgan fingerprint density at radius 1 is 1.14 bits per heavy atom. The number of aliphatic carboxylic acids is 1. The number of rotatable bonds is 9. The number of anilines is 1.